The molecule has 0 saturated heterocycles. The van der Waals surface area contributed by atoms with Gasteiger partial charge in [-0.25, -0.2) is 4.98 Å². The van der Waals surface area contributed by atoms with Crippen LogP contribution >= 0.6 is 11.3 Å². The number of methoxy groups -OCH3 is 1. The minimum Gasteiger partial charge on any atom is -0.494 e. The van der Waals surface area contributed by atoms with Crippen LogP contribution in [0.4, 0.5) is 5.13 Å². The van der Waals surface area contributed by atoms with Gasteiger partial charge in [0.1, 0.15) is 11.3 Å². The van der Waals surface area contributed by atoms with Crippen molar-refractivity contribution in [3.05, 3.63) is 78.4 Å². The van der Waals surface area contributed by atoms with Crippen LogP contribution < -0.4 is 10.1 Å². The maximum atomic E-state index is 12.4. The van der Waals surface area contributed by atoms with E-state index in [4.69, 9.17) is 4.74 Å². The standard InChI is InChI=1S/C21H16N2O2S/c1-25-17-13-12-16(14-8-4-2-5-9-14)19-18(17)22-21(26-19)23-20(24)15-10-6-3-7-11-15/h2-13H,1H3,(H,22,23,24). The molecule has 1 N–H and O–H groups in total. The third-order valence-electron chi connectivity index (χ3n) is 4.07. The highest BCUT2D eigenvalue weighted by Gasteiger charge is 2.16. The van der Waals surface area contributed by atoms with Gasteiger partial charge in [-0.05, 0) is 29.8 Å². The molecule has 0 fully saturated rings. The second-order valence-electron chi connectivity index (χ2n) is 5.70. The molecule has 5 heteroatoms. The van der Waals surface area contributed by atoms with Crippen molar-refractivity contribution in [1.29, 1.82) is 0 Å². The fourth-order valence-electron chi connectivity index (χ4n) is 2.81. The molecule has 1 heterocycles. The predicted octanol–water partition coefficient (Wildman–Crippen LogP) is 5.22. The van der Waals surface area contributed by atoms with Crippen LogP contribution in [0, 0.1) is 0 Å². The summed E-state index contributed by atoms with van der Waals surface area (Å²) >= 11 is 1.45. The number of amides is 1. The minimum atomic E-state index is -0.176. The number of thiazole rings is 1. The lowest BCUT2D eigenvalue weighted by molar-refractivity contribution is 0.102. The van der Waals surface area contributed by atoms with E-state index in [1.807, 2.05) is 48.5 Å². The number of nitrogens with one attached hydrogen (secondary N) is 1. The third-order valence-corrected chi connectivity index (χ3v) is 5.07. The average molecular weight is 360 g/mol. The number of fused-ring (bicyclic) bond motifs is 1. The zero-order chi connectivity index (χ0) is 17.9. The van der Waals surface area contributed by atoms with Gasteiger partial charge < -0.3 is 4.74 Å². The Balaban J connectivity index is 1.77. The van der Waals surface area contributed by atoms with Gasteiger partial charge in [0.15, 0.2) is 5.13 Å². The van der Waals surface area contributed by atoms with Gasteiger partial charge >= 0.3 is 0 Å². The number of hydrogen-bond acceptors (Lipinski definition) is 4. The monoisotopic (exact) mass is 360 g/mol. The fourth-order valence-corrected chi connectivity index (χ4v) is 3.82. The summed E-state index contributed by atoms with van der Waals surface area (Å²) in [6.07, 6.45) is 0. The second-order valence-corrected chi connectivity index (χ2v) is 6.70. The molecule has 1 aromatic heterocycles. The zero-order valence-corrected chi connectivity index (χ0v) is 14.9. The molecule has 0 aliphatic rings. The van der Waals surface area contributed by atoms with Crippen molar-refractivity contribution in [2.45, 2.75) is 0 Å². The normalized spacial score (nSPS) is 10.7. The van der Waals surface area contributed by atoms with Gasteiger partial charge in [0.2, 0.25) is 0 Å². The van der Waals surface area contributed by atoms with E-state index in [0.29, 0.717) is 16.4 Å². The number of ether oxygens (including phenoxy) is 1. The Hall–Kier alpha value is -3.18. The van der Waals surface area contributed by atoms with Crippen LogP contribution in [0.2, 0.25) is 0 Å². The number of anilines is 1. The molecule has 0 spiro atoms. The Morgan fingerprint density at radius 1 is 0.962 bits per heavy atom. The van der Waals surface area contributed by atoms with E-state index in [1.54, 1.807) is 19.2 Å². The first kappa shape index (κ1) is 16.3. The summed E-state index contributed by atoms with van der Waals surface area (Å²) in [5.41, 5.74) is 3.52. The average Bonchev–Trinajstić information content (AvgIpc) is 3.12. The van der Waals surface area contributed by atoms with E-state index in [0.717, 1.165) is 21.3 Å². The molecule has 0 aliphatic heterocycles. The van der Waals surface area contributed by atoms with Crippen molar-refractivity contribution in [1.82, 2.24) is 4.98 Å². The SMILES string of the molecule is COc1ccc(-c2ccccc2)c2sc(NC(=O)c3ccccc3)nc12. The summed E-state index contributed by atoms with van der Waals surface area (Å²) in [4.78, 5) is 17.0. The maximum Gasteiger partial charge on any atom is 0.257 e. The maximum absolute atomic E-state index is 12.4. The first-order valence-corrected chi connectivity index (χ1v) is 8.97. The molecule has 0 atom stereocenters. The van der Waals surface area contributed by atoms with Crippen LogP contribution in [-0.2, 0) is 0 Å². The van der Waals surface area contributed by atoms with E-state index < -0.39 is 0 Å². The summed E-state index contributed by atoms with van der Waals surface area (Å²) in [6.45, 7) is 0. The first-order chi connectivity index (χ1) is 12.8. The highest BCUT2D eigenvalue weighted by atomic mass is 32.1. The summed E-state index contributed by atoms with van der Waals surface area (Å²) in [5, 5.41) is 3.44. The molecule has 0 saturated carbocycles. The van der Waals surface area contributed by atoms with Gasteiger partial charge in [0.25, 0.3) is 5.91 Å². The molecular formula is C21H16N2O2S. The van der Waals surface area contributed by atoms with Crippen LogP contribution in [0.5, 0.6) is 5.75 Å². The second kappa shape index (κ2) is 6.98. The molecule has 4 rings (SSSR count). The van der Waals surface area contributed by atoms with E-state index >= 15 is 0 Å². The van der Waals surface area contributed by atoms with Gasteiger partial charge in [-0.2, -0.15) is 0 Å². The summed E-state index contributed by atoms with van der Waals surface area (Å²) in [5.74, 6) is 0.515. The quantitative estimate of drug-likeness (QED) is 0.542. The third kappa shape index (κ3) is 3.05. The molecule has 26 heavy (non-hydrogen) atoms. The smallest absolute Gasteiger partial charge is 0.257 e. The summed E-state index contributed by atoms with van der Waals surface area (Å²) in [6, 6.07) is 23.2. The molecule has 0 radical (unpaired) electrons. The van der Waals surface area contributed by atoms with Crippen LogP contribution in [-0.4, -0.2) is 18.0 Å². The molecule has 0 unspecified atom stereocenters. The van der Waals surface area contributed by atoms with E-state index in [2.05, 4.69) is 22.4 Å². The topological polar surface area (TPSA) is 51.2 Å². The molecule has 128 valence electrons. The van der Waals surface area contributed by atoms with Crippen molar-refractivity contribution < 1.29 is 9.53 Å². The van der Waals surface area contributed by atoms with Crippen molar-refractivity contribution >= 4 is 32.6 Å². The van der Waals surface area contributed by atoms with Crippen molar-refractivity contribution in [2.75, 3.05) is 12.4 Å². The lowest BCUT2D eigenvalue weighted by Gasteiger charge is -2.05. The largest absolute Gasteiger partial charge is 0.494 e. The number of hydrogen-bond donors (Lipinski definition) is 1. The molecule has 1 amide bonds. The van der Waals surface area contributed by atoms with Crippen LogP contribution in [0.15, 0.2) is 72.8 Å². The van der Waals surface area contributed by atoms with Gasteiger partial charge in [-0.1, -0.05) is 59.9 Å². The Bertz CT molecular complexity index is 1060. The van der Waals surface area contributed by atoms with Crippen LogP contribution in [0.1, 0.15) is 10.4 Å². The van der Waals surface area contributed by atoms with Gasteiger partial charge in [0, 0.05) is 11.1 Å². The lowest BCUT2D eigenvalue weighted by atomic mass is 10.1. The van der Waals surface area contributed by atoms with Crippen molar-refractivity contribution in [3.8, 4) is 16.9 Å². The van der Waals surface area contributed by atoms with Gasteiger partial charge in [0.05, 0.1) is 11.8 Å². The van der Waals surface area contributed by atoms with Crippen molar-refractivity contribution in [3.63, 3.8) is 0 Å². The summed E-state index contributed by atoms with van der Waals surface area (Å²) in [7, 11) is 1.62. The van der Waals surface area contributed by atoms with Crippen LogP contribution in [0.3, 0.4) is 0 Å². The van der Waals surface area contributed by atoms with Gasteiger partial charge in [-0.15, -0.1) is 0 Å². The van der Waals surface area contributed by atoms with Gasteiger partial charge in [-0.3, -0.25) is 10.1 Å². The minimum absolute atomic E-state index is 0.176. The number of rotatable bonds is 4. The number of nitrogens with zero attached hydrogens (tertiary/aromatic N) is 1. The Kier molecular flexibility index (Phi) is 4.37. The Labute approximate surface area is 155 Å². The van der Waals surface area contributed by atoms with E-state index in [-0.39, 0.29) is 5.91 Å². The molecular weight excluding hydrogens is 344 g/mol. The summed E-state index contributed by atoms with van der Waals surface area (Å²) < 4.78 is 6.44. The number of benzene rings is 3. The Morgan fingerprint density at radius 2 is 1.65 bits per heavy atom. The molecule has 0 bridgehead atoms. The number of aromatic nitrogens is 1. The molecule has 0 aliphatic carbocycles. The van der Waals surface area contributed by atoms with E-state index in [9.17, 15) is 4.79 Å². The Morgan fingerprint density at radius 3 is 2.35 bits per heavy atom. The highest BCUT2D eigenvalue weighted by Crippen LogP contribution is 2.39. The predicted molar refractivity (Wildman–Crippen MR) is 106 cm³/mol. The lowest BCUT2D eigenvalue weighted by Crippen LogP contribution is -2.11. The van der Waals surface area contributed by atoms with E-state index in [1.165, 1.54) is 11.3 Å². The van der Waals surface area contributed by atoms with Crippen molar-refractivity contribution in [2.24, 2.45) is 0 Å². The highest BCUT2D eigenvalue weighted by molar-refractivity contribution is 7.23. The fraction of sp³-hybridized carbons (Fsp3) is 0.0476. The number of carbonyl (C=O) groups is 1. The van der Waals surface area contributed by atoms with Crippen LogP contribution in [0.25, 0.3) is 21.3 Å². The molecule has 4 nitrogen and oxygen atoms in total. The zero-order valence-electron chi connectivity index (χ0n) is 14.1. The molecule has 4 aromatic rings. The number of carbonyl (C=O) groups excluding carboxylic acids is 1. The molecule has 3 aromatic carbocycles. The first-order valence-electron chi connectivity index (χ1n) is 8.15.